The van der Waals surface area contributed by atoms with Gasteiger partial charge in [0.05, 0.1) is 6.54 Å². The number of likely N-dealkylation sites (tertiary alicyclic amines) is 1. The standard InChI is InChI=1S/C15H23N3O/c1-17(2)14-8-6-7-13(11-14)16-12-15(19)18-9-4-3-5-10-18/h6-8,11,16H,3-5,9-10,12H2,1-2H3. The van der Waals surface area contributed by atoms with Gasteiger partial charge in [-0.25, -0.2) is 0 Å². The van der Waals surface area contributed by atoms with E-state index in [-0.39, 0.29) is 5.91 Å². The first-order valence-corrected chi connectivity index (χ1v) is 6.96. The van der Waals surface area contributed by atoms with Crippen molar-refractivity contribution in [3.63, 3.8) is 0 Å². The Morgan fingerprint density at radius 1 is 1.26 bits per heavy atom. The zero-order valence-electron chi connectivity index (χ0n) is 11.9. The lowest BCUT2D eigenvalue weighted by atomic mass is 10.1. The van der Waals surface area contributed by atoms with Crippen molar-refractivity contribution < 1.29 is 4.79 Å². The van der Waals surface area contributed by atoms with Crippen molar-refractivity contribution >= 4 is 17.3 Å². The summed E-state index contributed by atoms with van der Waals surface area (Å²) in [6, 6.07) is 8.11. The highest BCUT2D eigenvalue weighted by molar-refractivity contribution is 5.81. The van der Waals surface area contributed by atoms with Crippen LogP contribution in [0, 0.1) is 0 Å². The number of carbonyl (C=O) groups excluding carboxylic acids is 1. The third kappa shape index (κ3) is 3.88. The van der Waals surface area contributed by atoms with Gasteiger partial charge < -0.3 is 15.1 Å². The van der Waals surface area contributed by atoms with Crippen LogP contribution in [-0.2, 0) is 4.79 Å². The Morgan fingerprint density at radius 3 is 2.68 bits per heavy atom. The molecule has 0 bridgehead atoms. The molecule has 1 N–H and O–H groups in total. The van der Waals surface area contributed by atoms with E-state index in [0.717, 1.165) is 37.3 Å². The number of anilines is 2. The first kappa shape index (κ1) is 13.7. The fourth-order valence-corrected chi connectivity index (χ4v) is 2.33. The van der Waals surface area contributed by atoms with Gasteiger partial charge in [-0.1, -0.05) is 6.07 Å². The number of hydrogen-bond donors (Lipinski definition) is 1. The minimum absolute atomic E-state index is 0.204. The summed E-state index contributed by atoms with van der Waals surface area (Å²) in [5, 5.41) is 3.22. The number of piperidine rings is 1. The van der Waals surface area contributed by atoms with Crippen molar-refractivity contribution in [2.75, 3.05) is 43.9 Å². The monoisotopic (exact) mass is 261 g/mol. The van der Waals surface area contributed by atoms with Crippen LogP contribution < -0.4 is 10.2 Å². The van der Waals surface area contributed by atoms with E-state index >= 15 is 0 Å². The van der Waals surface area contributed by atoms with Gasteiger partial charge in [0.25, 0.3) is 0 Å². The quantitative estimate of drug-likeness (QED) is 0.902. The maximum absolute atomic E-state index is 12.0. The van der Waals surface area contributed by atoms with E-state index in [1.807, 2.05) is 31.1 Å². The van der Waals surface area contributed by atoms with Crippen molar-refractivity contribution in [1.29, 1.82) is 0 Å². The maximum Gasteiger partial charge on any atom is 0.241 e. The summed E-state index contributed by atoms with van der Waals surface area (Å²) in [6.45, 7) is 2.22. The molecule has 0 atom stereocenters. The Labute approximate surface area is 115 Å². The highest BCUT2D eigenvalue weighted by atomic mass is 16.2. The van der Waals surface area contributed by atoms with E-state index in [4.69, 9.17) is 0 Å². The molecule has 1 amide bonds. The fraction of sp³-hybridized carbons (Fsp3) is 0.533. The molecule has 1 saturated heterocycles. The van der Waals surface area contributed by atoms with Crippen molar-refractivity contribution in [1.82, 2.24) is 4.90 Å². The number of rotatable bonds is 4. The average Bonchev–Trinajstić information content (AvgIpc) is 2.46. The Bertz CT molecular complexity index is 425. The lowest BCUT2D eigenvalue weighted by Crippen LogP contribution is -2.39. The zero-order chi connectivity index (χ0) is 13.7. The van der Waals surface area contributed by atoms with Crippen LogP contribution in [-0.4, -0.2) is 44.5 Å². The molecule has 4 nitrogen and oxygen atoms in total. The topological polar surface area (TPSA) is 35.6 Å². The van der Waals surface area contributed by atoms with Crippen LogP contribution in [0.25, 0.3) is 0 Å². The van der Waals surface area contributed by atoms with Gasteiger partial charge in [-0.05, 0) is 37.5 Å². The summed E-state index contributed by atoms with van der Waals surface area (Å²) in [5.74, 6) is 0.204. The van der Waals surface area contributed by atoms with E-state index in [9.17, 15) is 4.79 Å². The van der Waals surface area contributed by atoms with Crippen molar-refractivity contribution in [2.24, 2.45) is 0 Å². The van der Waals surface area contributed by atoms with Crippen LogP contribution >= 0.6 is 0 Å². The molecule has 1 aromatic carbocycles. The van der Waals surface area contributed by atoms with E-state index in [1.54, 1.807) is 0 Å². The van der Waals surface area contributed by atoms with Gasteiger partial charge in [0.1, 0.15) is 0 Å². The summed E-state index contributed by atoms with van der Waals surface area (Å²) in [5.41, 5.74) is 2.13. The number of hydrogen-bond acceptors (Lipinski definition) is 3. The molecular formula is C15H23N3O. The molecule has 0 unspecified atom stereocenters. The summed E-state index contributed by atoms with van der Waals surface area (Å²) in [6.07, 6.45) is 3.53. The van der Waals surface area contributed by atoms with E-state index in [0.29, 0.717) is 6.54 Å². The normalized spacial score (nSPS) is 15.2. The van der Waals surface area contributed by atoms with Gasteiger partial charge in [0.15, 0.2) is 0 Å². The van der Waals surface area contributed by atoms with Crippen LogP contribution in [0.1, 0.15) is 19.3 Å². The van der Waals surface area contributed by atoms with Crippen molar-refractivity contribution in [2.45, 2.75) is 19.3 Å². The summed E-state index contributed by atoms with van der Waals surface area (Å²) in [4.78, 5) is 16.1. The van der Waals surface area contributed by atoms with E-state index < -0.39 is 0 Å². The van der Waals surface area contributed by atoms with Crippen molar-refractivity contribution in [3.05, 3.63) is 24.3 Å². The third-order valence-corrected chi connectivity index (χ3v) is 3.52. The second kappa shape index (κ2) is 6.45. The van der Waals surface area contributed by atoms with Gasteiger partial charge in [0, 0.05) is 38.6 Å². The van der Waals surface area contributed by atoms with Crippen LogP contribution in [0.4, 0.5) is 11.4 Å². The number of benzene rings is 1. The predicted octanol–water partition coefficient (Wildman–Crippen LogP) is 2.18. The average molecular weight is 261 g/mol. The summed E-state index contributed by atoms with van der Waals surface area (Å²) in [7, 11) is 4.02. The Hall–Kier alpha value is -1.71. The number of nitrogens with zero attached hydrogens (tertiary/aromatic N) is 2. The van der Waals surface area contributed by atoms with Crippen molar-refractivity contribution in [3.8, 4) is 0 Å². The fourth-order valence-electron chi connectivity index (χ4n) is 2.33. The second-order valence-electron chi connectivity index (χ2n) is 5.24. The molecule has 0 spiro atoms. The molecular weight excluding hydrogens is 238 g/mol. The molecule has 1 heterocycles. The lowest BCUT2D eigenvalue weighted by molar-refractivity contribution is -0.130. The highest BCUT2D eigenvalue weighted by Gasteiger charge is 2.15. The van der Waals surface area contributed by atoms with Crippen LogP contribution in [0.2, 0.25) is 0 Å². The first-order chi connectivity index (χ1) is 9.16. The lowest BCUT2D eigenvalue weighted by Gasteiger charge is -2.27. The minimum atomic E-state index is 0.204. The van der Waals surface area contributed by atoms with E-state index in [2.05, 4.69) is 22.3 Å². The Kier molecular flexibility index (Phi) is 4.66. The van der Waals surface area contributed by atoms with Crippen LogP contribution in [0.3, 0.4) is 0 Å². The molecule has 1 aliphatic heterocycles. The Balaban J connectivity index is 1.87. The number of nitrogens with one attached hydrogen (secondary N) is 1. The van der Waals surface area contributed by atoms with E-state index in [1.165, 1.54) is 6.42 Å². The van der Waals surface area contributed by atoms with Crippen LogP contribution in [0.15, 0.2) is 24.3 Å². The summed E-state index contributed by atoms with van der Waals surface area (Å²) < 4.78 is 0. The smallest absolute Gasteiger partial charge is 0.241 e. The second-order valence-corrected chi connectivity index (χ2v) is 5.24. The molecule has 0 radical (unpaired) electrons. The number of amides is 1. The predicted molar refractivity (Wildman–Crippen MR) is 79.7 cm³/mol. The van der Waals surface area contributed by atoms with Gasteiger partial charge in [-0.2, -0.15) is 0 Å². The minimum Gasteiger partial charge on any atom is -0.378 e. The zero-order valence-corrected chi connectivity index (χ0v) is 11.9. The van der Waals surface area contributed by atoms with Gasteiger partial charge in [0.2, 0.25) is 5.91 Å². The summed E-state index contributed by atoms with van der Waals surface area (Å²) >= 11 is 0. The molecule has 19 heavy (non-hydrogen) atoms. The molecule has 4 heteroatoms. The van der Waals surface area contributed by atoms with Gasteiger partial charge in [-0.3, -0.25) is 4.79 Å². The van der Waals surface area contributed by atoms with Crippen LogP contribution in [0.5, 0.6) is 0 Å². The SMILES string of the molecule is CN(C)c1cccc(NCC(=O)N2CCCCC2)c1. The first-order valence-electron chi connectivity index (χ1n) is 6.96. The van der Waals surface area contributed by atoms with Gasteiger partial charge in [-0.15, -0.1) is 0 Å². The molecule has 0 aliphatic carbocycles. The molecule has 2 rings (SSSR count). The Morgan fingerprint density at radius 2 is 2.00 bits per heavy atom. The third-order valence-electron chi connectivity index (χ3n) is 3.52. The number of carbonyl (C=O) groups is 1. The molecule has 1 aromatic rings. The molecule has 1 fully saturated rings. The molecule has 0 saturated carbocycles. The highest BCUT2D eigenvalue weighted by Crippen LogP contribution is 2.17. The largest absolute Gasteiger partial charge is 0.378 e. The maximum atomic E-state index is 12.0. The molecule has 104 valence electrons. The van der Waals surface area contributed by atoms with Gasteiger partial charge >= 0.3 is 0 Å². The molecule has 1 aliphatic rings. The molecule has 0 aromatic heterocycles.